The quantitative estimate of drug-likeness (QED) is 0.462. The molecule has 0 bridgehead atoms. The molecule has 0 aromatic carbocycles. The molecule has 10 nitrogen and oxygen atoms in total. The van der Waals surface area contributed by atoms with Gasteiger partial charge in [-0.1, -0.05) is 0 Å². The summed E-state index contributed by atoms with van der Waals surface area (Å²) in [5.41, 5.74) is 0.340. The number of anilines is 1. The SMILES string of the molecule is CC(=O)c1cnc2c(c1)n(C)c(=O)c(=O)n2C1CCN(c2ncc(C#N)cn2)CC1. The lowest BCUT2D eigenvalue weighted by molar-refractivity contribution is 0.101. The third-order valence-electron chi connectivity index (χ3n) is 5.43. The summed E-state index contributed by atoms with van der Waals surface area (Å²) < 4.78 is 2.70. The zero-order valence-electron chi connectivity index (χ0n) is 16.6. The number of nitrogens with zero attached hydrogens (tertiary/aromatic N) is 7. The van der Waals surface area contributed by atoms with Crippen molar-refractivity contribution < 1.29 is 4.79 Å². The Kier molecular flexibility index (Phi) is 4.87. The van der Waals surface area contributed by atoms with E-state index in [2.05, 4.69) is 15.0 Å². The lowest BCUT2D eigenvalue weighted by atomic mass is 10.0. The molecule has 152 valence electrons. The van der Waals surface area contributed by atoms with Crippen LogP contribution in [0.4, 0.5) is 5.95 Å². The fraction of sp³-hybridized carbons (Fsp3) is 0.350. The number of aromatic nitrogens is 5. The summed E-state index contributed by atoms with van der Waals surface area (Å²) in [4.78, 5) is 51.8. The summed E-state index contributed by atoms with van der Waals surface area (Å²) in [6, 6.07) is 3.38. The summed E-state index contributed by atoms with van der Waals surface area (Å²) in [5, 5.41) is 8.87. The van der Waals surface area contributed by atoms with E-state index in [1.807, 2.05) is 11.0 Å². The maximum Gasteiger partial charge on any atom is 0.318 e. The summed E-state index contributed by atoms with van der Waals surface area (Å²) in [6.07, 6.45) is 5.59. The average Bonchev–Trinajstić information content (AvgIpc) is 2.78. The van der Waals surface area contributed by atoms with Crippen LogP contribution in [-0.4, -0.2) is 43.0 Å². The maximum absolute atomic E-state index is 12.8. The van der Waals surface area contributed by atoms with Gasteiger partial charge in [0.15, 0.2) is 11.4 Å². The van der Waals surface area contributed by atoms with Gasteiger partial charge in [0, 0.05) is 37.9 Å². The highest BCUT2D eigenvalue weighted by molar-refractivity contribution is 5.96. The number of pyridine rings is 1. The number of hydrogen-bond acceptors (Lipinski definition) is 8. The molecule has 0 atom stereocenters. The van der Waals surface area contributed by atoms with Crippen LogP contribution in [0.1, 0.15) is 41.7 Å². The highest BCUT2D eigenvalue weighted by Crippen LogP contribution is 2.25. The highest BCUT2D eigenvalue weighted by Gasteiger charge is 2.26. The smallest absolute Gasteiger partial charge is 0.318 e. The fourth-order valence-corrected chi connectivity index (χ4v) is 3.73. The zero-order chi connectivity index (χ0) is 21.4. The van der Waals surface area contributed by atoms with Gasteiger partial charge >= 0.3 is 11.1 Å². The number of carbonyl (C=O) groups is 1. The Morgan fingerprint density at radius 1 is 1.10 bits per heavy atom. The van der Waals surface area contributed by atoms with Gasteiger partial charge in [0.2, 0.25) is 5.95 Å². The number of carbonyl (C=O) groups excluding carboxylic acids is 1. The number of fused-ring (bicyclic) bond motifs is 1. The predicted molar refractivity (Wildman–Crippen MR) is 108 cm³/mol. The molecule has 0 N–H and O–H groups in total. The lowest BCUT2D eigenvalue weighted by Crippen LogP contribution is -2.45. The molecular formula is C20H19N7O3. The monoisotopic (exact) mass is 405 g/mol. The van der Waals surface area contributed by atoms with Crippen molar-refractivity contribution in [2.75, 3.05) is 18.0 Å². The first-order chi connectivity index (χ1) is 14.4. The van der Waals surface area contributed by atoms with Crippen LogP contribution in [0.15, 0.2) is 34.2 Å². The van der Waals surface area contributed by atoms with Crippen molar-refractivity contribution in [2.45, 2.75) is 25.8 Å². The zero-order valence-corrected chi connectivity index (χ0v) is 16.6. The van der Waals surface area contributed by atoms with Crippen molar-refractivity contribution in [3.05, 3.63) is 56.5 Å². The molecule has 0 aliphatic carbocycles. The molecule has 0 radical (unpaired) electrons. The standard InChI is InChI=1S/C20H19N7O3/c1-12(28)14-7-16-17(22-11-14)27(19(30)18(29)25(16)2)15-3-5-26(6-4-15)20-23-9-13(8-21)10-24-20/h7,9-11,15H,3-6H2,1-2H3. The van der Waals surface area contributed by atoms with Crippen molar-refractivity contribution in [3.63, 3.8) is 0 Å². The van der Waals surface area contributed by atoms with Gasteiger partial charge in [-0.3, -0.25) is 19.0 Å². The molecule has 30 heavy (non-hydrogen) atoms. The van der Waals surface area contributed by atoms with Crippen LogP contribution < -0.4 is 16.0 Å². The highest BCUT2D eigenvalue weighted by atomic mass is 16.2. The number of Topliss-reactive ketones (excluding diaryl/α,β-unsaturated/α-hetero) is 1. The van der Waals surface area contributed by atoms with Gasteiger partial charge in [-0.05, 0) is 25.8 Å². The molecule has 1 aliphatic heterocycles. The Morgan fingerprint density at radius 2 is 1.77 bits per heavy atom. The van der Waals surface area contributed by atoms with Crippen LogP contribution in [0, 0.1) is 11.3 Å². The van der Waals surface area contributed by atoms with Crippen molar-refractivity contribution in [2.24, 2.45) is 7.05 Å². The van der Waals surface area contributed by atoms with Gasteiger partial charge in [-0.25, -0.2) is 15.0 Å². The Balaban J connectivity index is 1.68. The van der Waals surface area contributed by atoms with E-state index < -0.39 is 11.1 Å². The summed E-state index contributed by atoms with van der Waals surface area (Å²) in [7, 11) is 1.51. The van der Waals surface area contributed by atoms with Gasteiger partial charge < -0.3 is 9.47 Å². The van der Waals surface area contributed by atoms with E-state index in [1.165, 1.54) is 41.7 Å². The first-order valence-corrected chi connectivity index (χ1v) is 9.50. The maximum atomic E-state index is 12.8. The minimum atomic E-state index is -0.650. The number of piperidine rings is 1. The molecule has 1 saturated heterocycles. The van der Waals surface area contributed by atoms with Crippen molar-refractivity contribution in [1.29, 1.82) is 5.26 Å². The molecule has 0 saturated carbocycles. The van der Waals surface area contributed by atoms with E-state index in [-0.39, 0.29) is 11.8 Å². The van der Waals surface area contributed by atoms with Gasteiger partial charge in [0.25, 0.3) is 0 Å². The van der Waals surface area contributed by atoms with Crippen molar-refractivity contribution >= 4 is 22.9 Å². The Bertz CT molecular complexity index is 1290. The van der Waals surface area contributed by atoms with Crippen LogP contribution in [0.5, 0.6) is 0 Å². The normalized spacial score (nSPS) is 14.6. The predicted octanol–water partition coefficient (Wildman–Crippen LogP) is 0.801. The Labute approximate surface area is 171 Å². The second-order valence-corrected chi connectivity index (χ2v) is 7.26. The van der Waals surface area contributed by atoms with Crippen molar-refractivity contribution in [3.8, 4) is 6.07 Å². The number of aryl methyl sites for hydroxylation is 1. The number of nitriles is 1. The van der Waals surface area contributed by atoms with E-state index in [1.54, 1.807) is 6.07 Å². The van der Waals surface area contributed by atoms with E-state index in [0.29, 0.717) is 54.2 Å². The molecule has 0 amide bonds. The second-order valence-electron chi connectivity index (χ2n) is 7.26. The van der Waals surface area contributed by atoms with Crippen molar-refractivity contribution in [1.82, 2.24) is 24.1 Å². The first kappa shape index (κ1) is 19.4. The van der Waals surface area contributed by atoms with Crippen LogP contribution in [0.2, 0.25) is 0 Å². The van der Waals surface area contributed by atoms with E-state index >= 15 is 0 Å². The third-order valence-corrected chi connectivity index (χ3v) is 5.43. The Hall–Kier alpha value is -3.87. The van der Waals surface area contributed by atoms with Crippen LogP contribution in [0.25, 0.3) is 11.2 Å². The van der Waals surface area contributed by atoms with E-state index in [4.69, 9.17) is 5.26 Å². The second kappa shape index (κ2) is 7.51. The molecular weight excluding hydrogens is 386 g/mol. The van der Waals surface area contributed by atoms with Gasteiger partial charge in [0.1, 0.15) is 6.07 Å². The molecule has 1 fully saturated rings. The topological polar surface area (TPSA) is 127 Å². The lowest BCUT2D eigenvalue weighted by Gasteiger charge is -2.33. The molecule has 3 aromatic rings. The summed E-state index contributed by atoms with van der Waals surface area (Å²) in [5.74, 6) is 0.364. The first-order valence-electron chi connectivity index (χ1n) is 9.50. The largest absolute Gasteiger partial charge is 0.341 e. The molecule has 3 aromatic heterocycles. The third kappa shape index (κ3) is 3.24. The van der Waals surface area contributed by atoms with E-state index in [9.17, 15) is 14.4 Å². The molecule has 1 aliphatic rings. The minimum Gasteiger partial charge on any atom is -0.341 e. The molecule has 4 rings (SSSR count). The Morgan fingerprint density at radius 3 is 2.37 bits per heavy atom. The van der Waals surface area contributed by atoms with E-state index in [0.717, 1.165) is 0 Å². The average molecular weight is 405 g/mol. The fourth-order valence-electron chi connectivity index (χ4n) is 3.73. The van der Waals surface area contributed by atoms with Crippen LogP contribution in [-0.2, 0) is 7.05 Å². The van der Waals surface area contributed by atoms with Gasteiger partial charge in [0.05, 0.1) is 23.5 Å². The number of ketones is 1. The number of hydrogen-bond donors (Lipinski definition) is 0. The molecule has 0 unspecified atom stereocenters. The minimum absolute atomic E-state index is 0.162. The van der Waals surface area contributed by atoms with Gasteiger partial charge in [-0.2, -0.15) is 5.26 Å². The summed E-state index contributed by atoms with van der Waals surface area (Å²) in [6.45, 7) is 2.61. The van der Waals surface area contributed by atoms with Crippen LogP contribution >= 0.6 is 0 Å². The molecule has 10 heteroatoms. The molecule has 4 heterocycles. The van der Waals surface area contributed by atoms with Crippen LogP contribution in [0.3, 0.4) is 0 Å². The molecule has 0 spiro atoms. The number of rotatable bonds is 3. The van der Waals surface area contributed by atoms with Gasteiger partial charge in [-0.15, -0.1) is 0 Å². The summed E-state index contributed by atoms with van der Waals surface area (Å²) >= 11 is 0.